The highest BCUT2D eigenvalue weighted by atomic mass is 16.3. The van der Waals surface area contributed by atoms with Crippen LogP contribution in [0.1, 0.15) is 39.0 Å². The van der Waals surface area contributed by atoms with E-state index in [2.05, 4.69) is 4.90 Å². The van der Waals surface area contributed by atoms with Crippen molar-refractivity contribution in [2.75, 3.05) is 32.7 Å². The van der Waals surface area contributed by atoms with Crippen LogP contribution in [0.3, 0.4) is 0 Å². The monoisotopic (exact) mass is 240 g/mol. The predicted molar refractivity (Wildman–Crippen MR) is 66.7 cm³/mol. The Morgan fingerprint density at radius 3 is 2.29 bits per heavy atom. The minimum Gasteiger partial charge on any atom is -0.387 e. The van der Waals surface area contributed by atoms with E-state index >= 15 is 0 Å². The number of β-amino-alcohol motifs (C(OH)–C–C–N with tert-alkyl or cyclic N) is 1. The van der Waals surface area contributed by atoms with Crippen molar-refractivity contribution in [3.05, 3.63) is 0 Å². The molecule has 0 aromatic rings. The first-order valence-electron chi connectivity index (χ1n) is 6.85. The average molecular weight is 240 g/mol. The summed E-state index contributed by atoms with van der Waals surface area (Å²) in [5.41, 5.74) is -0.529. The molecule has 2 aliphatic heterocycles. The standard InChI is InChI=1S/C13H24N2O2/c1-2-13(17)10-14(11-13)9-12(16)15-7-5-3-4-6-8-15/h17H,2-11H2,1H3. The van der Waals surface area contributed by atoms with Crippen LogP contribution in [-0.2, 0) is 4.79 Å². The van der Waals surface area contributed by atoms with Crippen LogP contribution in [0.2, 0.25) is 0 Å². The summed E-state index contributed by atoms with van der Waals surface area (Å²) >= 11 is 0. The van der Waals surface area contributed by atoms with Gasteiger partial charge in [-0.25, -0.2) is 0 Å². The van der Waals surface area contributed by atoms with Gasteiger partial charge in [-0.2, -0.15) is 0 Å². The lowest BCUT2D eigenvalue weighted by molar-refractivity contribution is -0.142. The molecule has 2 rings (SSSR count). The summed E-state index contributed by atoms with van der Waals surface area (Å²) in [4.78, 5) is 16.1. The second-order valence-corrected chi connectivity index (χ2v) is 5.52. The van der Waals surface area contributed by atoms with Gasteiger partial charge in [-0.05, 0) is 19.3 Å². The van der Waals surface area contributed by atoms with Crippen LogP contribution in [0.25, 0.3) is 0 Å². The van der Waals surface area contributed by atoms with Crippen LogP contribution in [0.15, 0.2) is 0 Å². The van der Waals surface area contributed by atoms with Crippen molar-refractivity contribution < 1.29 is 9.90 Å². The first-order valence-corrected chi connectivity index (χ1v) is 6.85. The maximum atomic E-state index is 12.1. The molecule has 2 heterocycles. The van der Waals surface area contributed by atoms with E-state index in [-0.39, 0.29) is 5.91 Å². The Hall–Kier alpha value is -0.610. The van der Waals surface area contributed by atoms with Crippen molar-refractivity contribution in [1.29, 1.82) is 0 Å². The Morgan fingerprint density at radius 1 is 1.18 bits per heavy atom. The smallest absolute Gasteiger partial charge is 0.236 e. The predicted octanol–water partition coefficient (Wildman–Crippen LogP) is 0.846. The maximum absolute atomic E-state index is 12.1. The molecule has 1 N–H and O–H groups in total. The Kier molecular flexibility index (Phi) is 4.05. The van der Waals surface area contributed by atoms with Crippen LogP contribution >= 0.6 is 0 Å². The summed E-state index contributed by atoms with van der Waals surface area (Å²) < 4.78 is 0. The number of carbonyl (C=O) groups is 1. The van der Waals surface area contributed by atoms with Crippen LogP contribution in [0.4, 0.5) is 0 Å². The molecule has 0 radical (unpaired) electrons. The van der Waals surface area contributed by atoms with Gasteiger partial charge in [-0.15, -0.1) is 0 Å². The third kappa shape index (κ3) is 3.19. The average Bonchev–Trinajstić information content (AvgIpc) is 2.55. The minimum absolute atomic E-state index is 0.241. The van der Waals surface area contributed by atoms with Crippen molar-refractivity contribution in [3.63, 3.8) is 0 Å². The van der Waals surface area contributed by atoms with Gasteiger partial charge in [-0.3, -0.25) is 9.69 Å². The molecular formula is C13H24N2O2. The van der Waals surface area contributed by atoms with Gasteiger partial charge in [0.1, 0.15) is 0 Å². The molecule has 98 valence electrons. The van der Waals surface area contributed by atoms with Gasteiger partial charge in [0.2, 0.25) is 5.91 Å². The Balaban J connectivity index is 1.74. The number of nitrogens with zero attached hydrogens (tertiary/aromatic N) is 2. The number of hydrogen-bond acceptors (Lipinski definition) is 3. The van der Waals surface area contributed by atoms with Crippen LogP contribution in [-0.4, -0.2) is 59.1 Å². The second-order valence-electron chi connectivity index (χ2n) is 5.52. The van der Waals surface area contributed by atoms with Gasteiger partial charge in [0, 0.05) is 26.2 Å². The van der Waals surface area contributed by atoms with E-state index in [0.29, 0.717) is 19.6 Å². The minimum atomic E-state index is -0.529. The molecule has 2 fully saturated rings. The largest absolute Gasteiger partial charge is 0.387 e. The molecular weight excluding hydrogens is 216 g/mol. The van der Waals surface area contributed by atoms with Crippen molar-refractivity contribution in [1.82, 2.24) is 9.80 Å². The molecule has 0 aromatic carbocycles. The van der Waals surface area contributed by atoms with Gasteiger partial charge in [0.15, 0.2) is 0 Å². The van der Waals surface area contributed by atoms with E-state index in [9.17, 15) is 9.90 Å². The zero-order chi connectivity index (χ0) is 12.3. The Labute approximate surface area is 104 Å². The Morgan fingerprint density at radius 2 is 1.76 bits per heavy atom. The number of carbonyl (C=O) groups excluding carboxylic acids is 1. The fourth-order valence-electron chi connectivity index (χ4n) is 2.73. The fraction of sp³-hybridized carbons (Fsp3) is 0.923. The molecule has 1 amide bonds. The zero-order valence-electron chi connectivity index (χ0n) is 10.8. The summed E-state index contributed by atoms with van der Waals surface area (Å²) in [5.74, 6) is 0.241. The fourth-order valence-corrected chi connectivity index (χ4v) is 2.73. The maximum Gasteiger partial charge on any atom is 0.236 e. The number of likely N-dealkylation sites (tertiary alicyclic amines) is 2. The SMILES string of the molecule is CCC1(O)CN(CC(=O)N2CCCCCC2)C1. The van der Waals surface area contributed by atoms with Crippen molar-refractivity contribution in [2.24, 2.45) is 0 Å². The van der Waals surface area contributed by atoms with Crippen LogP contribution in [0.5, 0.6) is 0 Å². The van der Waals surface area contributed by atoms with E-state index in [1.54, 1.807) is 0 Å². The highest BCUT2D eigenvalue weighted by molar-refractivity contribution is 5.78. The summed E-state index contributed by atoms with van der Waals surface area (Å²) in [6, 6.07) is 0. The molecule has 17 heavy (non-hydrogen) atoms. The van der Waals surface area contributed by atoms with Gasteiger partial charge < -0.3 is 10.0 Å². The van der Waals surface area contributed by atoms with Crippen molar-refractivity contribution >= 4 is 5.91 Å². The number of aliphatic hydroxyl groups is 1. The third-order valence-electron chi connectivity index (χ3n) is 4.01. The van der Waals surface area contributed by atoms with Gasteiger partial charge in [0.25, 0.3) is 0 Å². The normalized spacial score (nSPS) is 25.2. The molecule has 0 bridgehead atoms. The van der Waals surface area contributed by atoms with Crippen LogP contribution < -0.4 is 0 Å². The molecule has 4 heteroatoms. The molecule has 0 saturated carbocycles. The molecule has 0 spiro atoms. The van der Waals surface area contributed by atoms with E-state index in [0.717, 1.165) is 32.4 Å². The van der Waals surface area contributed by atoms with E-state index in [1.165, 1.54) is 12.8 Å². The summed E-state index contributed by atoms with van der Waals surface area (Å²) in [6.45, 7) is 5.64. The highest BCUT2D eigenvalue weighted by Crippen LogP contribution is 2.23. The number of rotatable bonds is 3. The van der Waals surface area contributed by atoms with Crippen molar-refractivity contribution in [2.45, 2.75) is 44.6 Å². The molecule has 0 aromatic heterocycles. The molecule has 2 aliphatic rings. The van der Waals surface area contributed by atoms with Gasteiger partial charge >= 0.3 is 0 Å². The quantitative estimate of drug-likeness (QED) is 0.795. The second kappa shape index (κ2) is 5.36. The first kappa shape index (κ1) is 12.8. The number of hydrogen-bond donors (Lipinski definition) is 1. The zero-order valence-corrected chi connectivity index (χ0v) is 10.8. The molecule has 0 atom stereocenters. The Bertz CT molecular complexity index is 267. The molecule has 4 nitrogen and oxygen atoms in total. The van der Waals surface area contributed by atoms with Gasteiger partial charge in [0.05, 0.1) is 12.1 Å². The highest BCUT2D eigenvalue weighted by Gasteiger charge is 2.40. The number of amides is 1. The molecule has 0 aliphatic carbocycles. The molecule has 2 saturated heterocycles. The molecule has 0 unspecified atom stereocenters. The lowest BCUT2D eigenvalue weighted by atomic mass is 9.91. The van der Waals surface area contributed by atoms with E-state index < -0.39 is 5.60 Å². The summed E-state index contributed by atoms with van der Waals surface area (Å²) in [5, 5.41) is 9.89. The lowest BCUT2D eigenvalue weighted by Crippen LogP contribution is -2.63. The topological polar surface area (TPSA) is 43.8 Å². The van der Waals surface area contributed by atoms with E-state index in [4.69, 9.17) is 0 Å². The summed E-state index contributed by atoms with van der Waals surface area (Å²) in [6.07, 6.45) is 5.57. The van der Waals surface area contributed by atoms with E-state index in [1.807, 2.05) is 11.8 Å². The van der Waals surface area contributed by atoms with Crippen molar-refractivity contribution in [3.8, 4) is 0 Å². The first-order chi connectivity index (χ1) is 8.13. The lowest BCUT2D eigenvalue weighted by Gasteiger charge is -2.46. The van der Waals surface area contributed by atoms with Gasteiger partial charge in [-0.1, -0.05) is 19.8 Å². The third-order valence-corrected chi connectivity index (χ3v) is 4.01. The summed E-state index contributed by atoms with van der Waals surface area (Å²) in [7, 11) is 0. The van der Waals surface area contributed by atoms with Crippen LogP contribution in [0, 0.1) is 0 Å².